The highest BCUT2D eigenvalue weighted by atomic mass is 16.3. The maximum Gasteiger partial charge on any atom is 0.123 e. The Hall–Kier alpha value is -1.44. The molecule has 0 aliphatic carbocycles. The molecule has 0 aliphatic heterocycles. The highest BCUT2D eigenvalue weighted by Gasteiger charge is 2.01. The molecule has 0 atom stereocenters. The van der Waals surface area contributed by atoms with Crippen molar-refractivity contribution in [1.29, 1.82) is 0 Å². The molecular weight excluding hydrogens is 140 g/mol. The Bertz CT molecular complexity index is 290. The van der Waals surface area contributed by atoms with Crippen LogP contribution in [0.4, 0.5) is 0 Å². The molecule has 0 spiro atoms. The normalized spacial score (nSPS) is 9.55. The van der Waals surface area contributed by atoms with E-state index in [0.717, 1.165) is 5.57 Å². The number of allylic oxidation sites excluding steroid dienone is 1. The lowest BCUT2D eigenvalue weighted by molar-refractivity contribution is 0.459. The average Bonchev–Trinajstić information content (AvgIpc) is 1.94. The molecule has 1 aromatic rings. The Kier molecular flexibility index (Phi) is 1.85. The molecular formula is C9H10O2. The molecule has 0 fully saturated rings. The van der Waals surface area contributed by atoms with Gasteiger partial charge in [-0.2, -0.15) is 0 Å². The second-order valence-electron chi connectivity index (χ2n) is 2.48. The Labute approximate surface area is 65.4 Å². The van der Waals surface area contributed by atoms with Crippen molar-refractivity contribution < 1.29 is 10.2 Å². The molecule has 1 aromatic carbocycles. The van der Waals surface area contributed by atoms with Crippen molar-refractivity contribution in [1.82, 2.24) is 0 Å². The topological polar surface area (TPSA) is 40.5 Å². The van der Waals surface area contributed by atoms with Gasteiger partial charge in [-0.05, 0) is 30.7 Å². The molecule has 11 heavy (non-hydrogen) atoms. The van der Waals surface area contributed by atoms with Crippen LogP contribution in [0.2, 0.25) is 0 Å². The van der Waals surface area contributed by atoms with E-state index in [2.05, 4.69) is 6.58 Å². The Balaban J connectivity index is 3.23. The summed E-state index contributed by atoms with van der Waals surface area (Å²) in [6, 6.07) is 4.36. The molecule has 1 rings (SSSR count). The van der Waals surface area contributed by atoms with Crippen LogP contribution in [0.15, 0.2) is 24.8 Å². The smallest absolute Gasteiger partial charge is 0.123 e. The molecule has 0 aliphatic rings. The number of rotatable bonds is 1. The van der Waals surface area contributed by atoms with Gasteiger partial charge < -0.3 is 10.2 Å². The van der Waals surface area contributed by atoms with E-state index in [9.17, 15) is 5.11 Å². The number of hydrogen-bond acceptors (Lipinski definition) is 2. The molecule has 0 heterocycles. The summed E-state index contributed by atoms with van der Waals surface area (Å²) in [4.78, 5) is 0. The summed E-state index contributed by atoms with van der Waals surface area (Å²) in [5.41, 5.74) is 1.32. The van der Waals surface area contributed by atoms with E-state index in [-0.39, 0.29) is 11.5 Å². The van der Waals surface area contributed by atoms with E-state index >= 15 is 0 Å². The third-order valence-corrected chi connectivity index (χ3v) is 1.44. The van der Waals surface area contributed by atoms with Gasteiger partial charge in [0.2, 0.25) is 0 Å². The lowest BCUT2D eigenvalue weighted by Crippen LogP contribution is -1.78. The minimum absolute atomic E-state index is 0.140. The zero-order valence-electron chi connectivity index (χ0n) is 6.33. The summed E-state index contributed by atoms with van der Waals surface area (Å²) >= 11 is 0. The number of phenolic OH excluding ortho intramolecular Hbond substituents is 2. The van der Waals surface area contributed by atoms with Gasteiger partial charge in [0.25, 0.3) is 0 Å². The van der Waals surface area contributed by atoms with Crippen molar-refractivity contribution in [2.45, 2.75) is 6.92 Å². The highest BCUT2D eigenvalue weighted by Crippen LogP contribution is 2.26. The summed E-state index contributed by atoms with van der Waals surface area (Å²) in [5.74, 6) is 0.288. The van der Waals surface area contributed by atoms with Crippen molar-refractivity contribution in [2.75, 3.05) is 0 Å². The third kappa shape index (κ3) is 1.52. The largest absolute Gasteiger partial charge is 0.508 e. The van der Waals surface area contributed by atoms with Crippen molar-refractivity contribution in [3.63, 3.8) is 0 Å². The summed E-state index contributed by atoms with van der Waals surface area (Å²) in [6.45, 7) is 5.43. The van der Waals surface area contributed by atoms with E-state index < -0.39 is 0 Å². The molecule has 0 aromatic heterocycles. The molecule has 0 radical (unpaired) electrons. The molecule has 0 saturated carbocycles. The maximum absolute atomic E-state index is 9.23. The van der Waals surface area contributed by atoms with Gasteiger partial charge in [-0.3, -0.25) is 0 Å². The number of phenols is 2. The predicted octanol–water partition coefficient (Wildman–Crippen LogP) is 2.13. The molecule has 0 unspecified atom stereocenters. The fourth-order valence-electron chi connectivity index (χ4n) is 0.866. The lowest BCUT2D eigenvalue weighted by atomic mass is 10.1. The SMILES string of the molecule is C=C(C)c1cc(O)ccc1O. The molecule has 2 nitrogen and oxygen atoms in total. The fourth-order valence-corrected chi connectivity index (χ4v) is 0.866. The van der Waals surface area contributed by atoms with Gasteiger partial charge in [-0.25, -0.2) is 0 Å². The van der Waals surface area contributed by atoms with Gasteiger partial charge in [0.05, 0.1) is 0 Å². The van der Waals surface area contributed by atoms with Gasteiger partial charge in [0, 0.05) is 5.56 Å². The van der Waals surface area contributed by atoms with Crippen molar-refractivity contribution >= 4 is 5.57 Å². The minimum atomic E-state index is 0.140. The second-order valence-corrected chi connectivity index (χ2v) is 2.48. The van der Waals surface area contributed by atoms with E-state index in [0.29, 0.717) is 5.56 Å². The van der Waals surface area contributed by atoms with Crippen LogP contribution in [-0.4, -0.2) is 10.2 Å². The van der Waals surface area contributed by atoms with E-state index in [1.807, 2.05) is 0 Å². The van der Waals surface area contributed by atoms with Crippen LogP contribution in [0.1, 0.15) is 12.5 Å². The Morgan fingerprint density at radius 1 is 1.36 bits per heavy atom. The molecule has 0 saturated heterocycles. The van der Waals surface area contributed by atoms with E-state index in [4.69, 9.17) is 5.11 Å². The summed E-state index contributed by atoms with van der Waals surface area (Å²) < 4.78 is 0. The van der Waals surface area contributed by atoms with Gasteiger partial charge in [0.15, 0.2) is 0 Å². The Morgan fingerprint density at radius 3 is 2.45 bits per heavy atom. The fraction of sp³-hybridized carbons (Fsp3) is 0.111. The monoisotopic (exact) mass is 150 g/mol. The molecule has 0 bridgehead atoms. The number of aromatic hydroxyl groups is 2. The van der Waals surface area contributed by atoms with E-state index in [1.54, 1.807) is 6.92 Å². The van der Waals surface area contributed by atoms with Crippen LogP contribution >= 0.6 is 0 Å². The van der Waals surface area contributed by atoms with Crippen LogP contribution in [0, 0.1) is 0 Å². The first-order chi connectivity index (χ1) is 5.11. The van der Waals surface area contributed by atoms with Gasteiger partial charge in [-0.1, -0.05) is 6.58 Å². The lowest BCUT2D eigenvalue weighted by Gasteiger charge is -2.02. The van der Waals surface area contributed by atoms with Crippen molar-refractivity contribution in [2.24, 2.45) is 0 Å². The predicted molar refractivity (Wildman–Crippen MR) is 44.5 cm³/mol. The van der Waals surface area contributed by atoms with Crippen LogP contribution in [0.3, 0.4) is 0 Å². The van der Waals surface area contributed by atoms with Gasteiger partial charge >= 0.3 is 0 Å². The zero-order valence-corrected chi connectivity index (χ0v) is 6.33. The van der Waals surface area contributed by atoms with Crippen LogP contribution in [0.5, 0.6) is 11.5 Å². The third-order valence-electron chi connectivity index (χ3n) is 1.44. The Morgan fingerprint density at radius 2 is 2.00 bits per heavy atom. The maximum atomic E-state index is 9.23. The van der Waals surface area contributed by atoms with Crippen molar-refractivity contribution in [3.05, 3.63) is 30.3 Å². The van der Waals surface area contributed by atoms with Crippen LogP contribution in [0.25, 0.3) is 5.57 Å². The standard InChI is InChI=1S/C9H10O2/c1-6(2)8-5-7(10)3-4-9(8)11/h3-5,10-11H,1H2,2H3. The number of benzene rings is 1. The van der Waals surface area contributed by atoms with Gasteiger partial charge in [0.1, 0.15) is 11.5 Å². The summed E-state index contributed by atoms with van der Waals surface area (Å²) in [7, 11) is 0. The van der Waals surface area contributed by atoms with Gasteiger partial charge in [-0.15, -0.1) is 0 Å². The average molecular weight is 150 g/mol. The van der Waals surface area contributed by atoms with E-state index in [1.165, 1.54) is 18.2 Å². The highest BCUT2D eigenvalue weighted by molar-refractivity contribution is 5.67. The first kappa shape index (κ1) is 7.66. The quantitative estimate of drug-likeness (QED) is 0.602. The molecule has 2 heteroatoms. The van der Waals surface area contributed by atoms with Crippen LogP contribution < -0.4 is 0 Å². The summed E-state index contributed by atoms with van der Waals surface area (Å²) in [6.07, 6.45) is 0. The second kappa shape index (κ2) is 2.66. The number of hydrogen-bond donors (Lipinski definition) is 2. The molecule has 2 N–H and O–H groups in total. The summed E-state index contributed by atoms with van der Waals surface area (Å²) in [5, 5.41) is 18.3. The van der Waals surface area contributed by atoms with Crippen LogP contribution in [-0.2, 0) is 0 Å². The minimum Gasteiger partial charge on any atom is -0.508 e. The molecule has 58 valence electrons. The zero-order chi connectivity index (χ0) is 8.43. The first-order valence-corrected chi connectivity index (χ1v) is 3.29. The first-order valence-electron chi connectivity index (χ1n) is 3.29. The molecule has 0 amide bonds. The van der Waals surface area contributed by atoms with Crippen molar-refractivity contribution in [3.8, 4) is 11.5 Å².